The zero-order valence-corrected chi connectivity index (χ0v) is 33.0. The number of hydrogen-bond acceptors (Lipinski definition) is 3. The minimum absolute atomic E-state index is 0.167. The lowest BCUT2D eigenvalue weighted by Gasteiger charge is -2.34. The Kier molecular flexibility index (Phi) is 7.57. The minimum Gasteiger partial charge on any atom is -0.455 e. The molecule has 1 aliphatic rings. The second-order valence-electron chi connectivity index (χ2n) is 16.5. The molecule has 2 heterocycles. The molecule has 1 fully saturated rings. The Labute approximate surface area is 337 Å². The number of furan rings is 1. The first-order chi connectivity index (χ1) is 28.8. The maximum Gasteiger partial charge on any atom is 0.149 e. The van der Waals surface area contributed by atoms with Gasteiger partial charge >= 0.3 is 0 Å². The van der Waals surface area contributed by atoms with Gasteiger partial charge in [-0.3, -0.25) is 4.57 Å². The summed E-state index contributed by atoms with van der Waals surface area (Å²) in [6.07, 6.45) is 3.20. The van der Waals surface area contributed by atoms with Gasteiger partial charge in [-0.05, 0) is 142 Å². The number of nitriles is 1. The van der Waals surface area contributed by atoms with E-state index in [2.05, 4.69) is 30.6 Å². The zero-order valence-electron chi connectivity index (χ0n) is 38.0. The molecule has 0 atom stereocenters. The molecule has 278 valence electrons. The van der Waals surface area contributed by atoms with Crippen molar-refractivity contribution in [1.82, 2.24) is 9.55 Å². The Morgan fingerprint density at radius 1 is 0.786 bits per heavy atom. The van der Waals surface area contributed by atoms with Crippen molar-refractivity contribution >= 4 is 33.0 Å². The van der Waals surface area contributed by atoms with Gasteiger partial charge in [0.15, 0.2) is 0 Å². The summed E-state index contributed by atoms with van der Waals surface area (Å²) in [4.78, 5) is 5.26. The summed E-state index contributed by atoms with van der Waals surface area (Å²) < 4.78 is 56.2. The fraction of sp³-hybridized carbons (Fsp3) is 0.269. The Hall–Kier alpha value is -5.92. The van der Waals surface area contributed by atoms with Crippen molar-refractivity contribution in [1.29, 1.82) is 5.26 Å². The van der Waals surface area contributed by atoms with E-state index in [1.165, 1.54) is 0 Å². The van der Waals surface area contributed by atoms with Gasteiger partial charge in [0.2, 0.25) is 0 Å². The van der Waals surface area contributed by atoms with E-state index in [0.717, 1.165) is 51.3 Å². The highest BCUT2D eigenvalue weighted by Gasteiger charge is 2.28. The zero-order chi connectivity index (χ0) is 43.2. The second kappa shape index (κ2) is 14.0. The van der Waals surface area contributed by atoms with Crippen LogP contribution in [-0.4, -0.2) is 9.55 Å². The predicted octanol–water partition coefficient (Wildman–Crippen LogP) is 14.7. The molecule has 56 heavy (non-hydrogen) atoms. The molecule has 0 spiro atoms. The van der Waals surface area contributed by atoms with Gasteiger partial charge in [0.1, 0.15) is 17.0 Å². The van der Waals surface area contributed by atoms with Crippen LogP contribution in [0, 0.1) is 16.7 Å². The van der Waals surface area contributed by atoms with Gasteiger partial charge in [0.25, 0.3) is 0 Å². The molecular weight excluding hydrogens is 683 g/mol. The first-order valence-corrected chi connectivity index (χ1v) is 19.6. The van der Waals surface area contributed by atoms with Crippen LogP contribution >= 0.6 is 0 Å². The highest BCUT2D eigenvalue weighted by Crippen LogP contribution is 2.45. The molecule has 0 aliphatic heterocycles. The summed E-state index contributed by atoms with van der Waals surface area (Å²) in [7, 11) is 0. The first kappa shape index (κ1) is 30.3. The number of rotatable bonds is 7. The monoisotopic (exact) mass is 736 g/mol. The van der Waals surface area contributed by atoms with Gasteiger partial charge < -0.3 is 4.42 Å². The van der Waals surface area contributed by atoms with E-state index in [9.17, 15) is 12.1 Å². The average Bonchev–Trinajstić information content (AvgIpc) is 3.79. The molecule has 0 radical (unpaired) electrons. The van der Waals surface area contributed by atoms with Crippen LogP contribution in [0.1, 0.15) is 114 Å². The minimum atomic E-state index is -1.19. The topological polar surface area (TPSA) is 54.8 Å². The van der Waals surface area contributed by atoms with Crippen molar-refractivity contribution in [2.75, 3.05) is 0 Å². The number of hydrogen-bond donors (Lipinski definition) is 0. The number of fused-ring (bicyclic) bond motifs is 4. The summed E-state index contributed by atoms with van der Waals surface area (Å²) >= 11 is 0. The smallest absolute Gasteiger partial charge is 0.149 e. The van der Waals surface area contributed by atoms with Crippen molar-refractivity contribution in [3.8, 4) is 45.4 Å². The number of aromatic nitrogens is 2. The van der Waals surface area contributed by atoms with Gasteiger partial charge in [-0.15, -0.1) is 0 Å². The van der Waals surface area contributed by atoms with Crippen LogP contribution in [0.3, 0.4) is 0 Å². The lowest BCUT2D eigenvalue weighted by molar-refractivity contribution is 0.224. The van der Waals surface area contributed by atoms with Crippen molar-refractivity contribution in [2.45, 2.75) is 84.9 Å². The van der Waals surface area contributed by atoms with Crippen LogP contribution in [0.2, 0.25) is 0 Å². The Bertz CT molecular complexity index is 3030. The standard InChI is InChI=1S/C52H49N3O/c1-32(2)44-28-40(36-19-17-35(18-20-36)37-23-25-52(5,6)26-24-37)29-45(33(3)4)49(44)55-47-16-8-7-15-46(47)54-51(55)43-14-10-13-42-41-22-21-39(30-48(41)56-50(42)43)38-12-9-11-34(27-38)31-53/h7-22,27-30,32-33,37H,23-26H2,1-6H3/i19D,20D,32D,33D,37D. The molecular formula is C52H49N3O. The summed E-state index contributed by atoms with van der Waals surface area (Å²) in [5.74, 6) is -2.63. The quantitative estimate of drug-likeness (QED) is 0.164. The molecule has 9 rings (SSSR count). The second-order valence-corrected chi connectivity index (χ2v) is 16.5. The van der Waals surface area contributed by atoms with E-state index in [1.54, 1.807) is 18.2 Å². The number of para-hydroxylation sites is 3. The molecule has 0 amide bonds. The van der Waals surface area contributed by atoms with Crippen LogP contribution in [0.25, 0.3) is 72.3 Å². The molecule has 1 aliphatic carbocycles. The van der Waals surface area contributed by atoms with Crippen molar-refractivity contribution < 1.29 is 11.3 Å². The highest BCUT2D eigenvalue weighted by atomic mass is 16.3. The Balaban J connectivity index is 1.26. The van der Waals surface area contributed by atoms with Gasteiger partial charge in [0, 0.05) is 14.9 Å². The van der Waals surface area contributed by atoms with E-state index < -0.39 is 17.7 Å². The third-order valence-electron chi connectivity index (χ3n) is 11.7. The molecule has 0 saturated heterocycles. The van der Waals surface area contributed by atoms with Crippen molar-refractivity contribution in [3.05, 3.63) is 144 Å². The van der Waals surface area contributed by atoms with Crippen molar-refractivity contribution in [3.63, 3.8) is 0 Å². The third-order valence-corrected chi connectivity index (χ3v) is 11.7. The molecule has 4 heteroatoms. The molecule has 4 nitrogen and oxygen atoms in total. The van der Waals surface area contributed by atoms with Crippen molar-refractivity contribution in [2.24, 2.45) is 5.41 Å². The van der Waals surface area contributed by atoms with Gasteiger partial charge in [-0.2, -0.15) is 5.26 Å². The van der Waals surface area contributed by atoms with Crippen LogP contribution in [0.15, 0.2) is 126 Å². The van der Waals surface area contributed by atoms with Gasteiger partial charge in [0.05, 0.1) is 36.7 Å². The van der Waals surface area contributed by atoms with Gasteiger partial charge in [-0.1, -0.05) is 108 Å². The summed E-state index contributed by atoms with van der Waals surface area (Å²) in [6, 6.07) is 37.5. The summed E-state index contributed by atoms with van der Waals surface area (Å²) in [5.41, 5.74) is 9.89. The largest absolute Gasteiger partial charge is 0.455 e. The summed E-state index contributed by atoms with van der Waals surface area (Å²) in [6.45, 7) is 11.8. The average molecular weight is 737 g/mol. The normalized spacial score (nSPS) is 16.9. The molecule has 6 aromatic carbocycles. The number of imidazole rings is 1. The highest BCUT2D eigenvalue weighted by molar-refractivity contribution is 6.10. The molecule has 0 unspecified atom stereocenters. The van der Waals surface area contributed by atoms with Crippen LogP contribution in [0.4, 0.5) is 0 Å². The van der Waals surface area contributed by atoms with E-state index in [4.69, 9.17) is 9.40 Å². The summed E-state index contributed by atoms with van der Waals surface area (Å²) in [5, 5.41) is 11.4. The number of nitrogens with zero attached hydrogens (tertiary/aromatic N) is 3. The third kappa shape index (κ3) is 6.30. The molecule has 0 bridgehead atoms. The number of benzene rings is 6. The fourth-order valence-corrected chi connectivity index (χ4v) is 8.41. The molecule has 2 aromatic heterocycles. The van der Waals surface area contributed by atoms with Gasteiger partial charge in [-0.25, -0.2) is 4.98 Å². The Morgan fingerprint density at radius 3 is 2.20 bits per heavy atom. The predicted molar refractivity (Wildman–Crippen MR) is 233 cm³/mol. The molecule has 0 N–H and O–H groups in total. The van der Waals surface area contributed by atoms with E-state index in [1.807, 2.05) is 113 Å². The Morgan fingerprint density at radius 2 is 1.48 bits per heavy atom. The maximum atomic E-state index is 9.66. The van der Waals surface area contributed by atoms with E-state index >= 15 is 0 Å². The molecule has 8 aromatic rings. The molecule has 1 saturated carbocycles. The lowest BCUT2D eigenvalue weighted by atomic mass is 9.71. The van der Waals surface area contributed by atoms with E-state index in [0.29, 0.717) is 68.9 Å². The lowest BCUT2D eigenvalue weighted by Crippen LogP contribution is -2.20. The maximum absolute atomic E-state index is 9.66. The van der Waals surface area contributed by atoms with Crippen LogP contribution in [-0.2, 0) is 0 Å². The first-order valence-electron chi connectivity index (χ1n) is 22.1. The van der Waals surface area contributed by atoms with E-state index in [-0.39, 0.29) is 17.5 Å². The van der Waals surface area contributed by atoms with Crippen LogP contribution in [0.5, 0.6) is 0 Å². The SMILES string of the molecule is [2H]c1cc(C2([2H])CCC(C)(C)CC2)cc([2H])c1-c1cc(C([2H])(C)C)c(-n2c(-c3cccc4c3oc3cc(-c5cccc(C#N)c5)ccc34)nc3ccccc32)c(C([2H])(C)C)c1. The fourth-order valence-electron chi connectivity index (χ4n) is 8.41. The van der Waals surface area contributed by atoms with Crippen LogP contribution < -0.4 is 0 Å².